The molecule has 2 heterocycles. The fraction of sp³-hybridized carbons (Fsp3) is 0.125. The molecule has 160 valence electrons. The summed E-state index contributed by atoms with van der Waals surface area (Å²) in [5.41, 5.74) is 2.78. The van der Waals surface area contributed by atoms with Gasteiger partial charge in [-0.25, -0.2) is 0 Å². The summed E-state index contributed by atoms with van der Waals surface area (Å²) < 4.78 is 2.02. The lowest BCUT2D eigenvalue weighted by atomic mass is 10.2. The number of hydrogen-bond acceptors (Lipinski definition) is 5. The van der Waals surface area contributed by atoms with Crippen molar-refractivity contribution >= 4 is 52.4 Å². The number of hydrogen-bond donors (Lipinski definition) is 0. The van der Waals surface area contributed by atoms with Crippen LogP contribution in [0, 0.1) is 0 Å². The maximum atomic E-state index is 13.4. The predicted octanol–water partition coefficient (Wildman–Crippen LogP) is 6.54. The Bertz CT molecular complexity index is 1240. The Morgan fingerprint density at radius 3 is 2.19 bits per heavy atom. The van der Waals surface area contributed by atoms with Crippen molar-refractivity contribution in [2.75, 3.05) is 10.7 Å². The van der Waals surface area contributed by atoms with Crippen molar-refractivity contribution in [2.24, 2.45) is 0 Å². The van der Waals surface area contributed by atoms with Gasteiger partial charge in [0.25, 0.3) is 0 Å². The highest BCUT2D eigenvalue weighted by atomic mass is 35.5. The first-order chi connectivity index (χ1) is 15.7. The first kappa shape index (κ1) is 21.1. The highest BCUT2D eigenvalue weighted by Gasteiger charge is 2.28. The van der Waals surface area contributed by atoms with Crippen molar-refractivity contribution < 1.29 is 4.79 Å². The second-order valence-corrected chi connectivity index (χ2v) is 9.58. The number of rotatable bonds is 5. The Hall–Kier alpha value is -2.74. The molecule has 0 bridgehead atoms. The van der Waals surface area contributed by atoms with E-state index in [0.717, 1.165) is 37.7 Å². The standard InChI is InChI=1S/C24H19ClN4OS2/c1-2-28-23(16-11-13-17(25)14-12-16)26-27-24(28)31-15-22(30)29-18-7-3-5-9-20(18)32-21-10-6-4-8-19(21)29/h3-14H,2,15H2,1H3. The van der Waals surface area contributed by atoms with Crippen LogP contribution in [-0.4, -0.2) is 26.4 Å². The third-order valence-corrected chi connectivity index (χ3v) is 7.48. The topological polar surface area (TPSA) is 51.0 Å². The number of aromatic nitrogens is 3. The van der Waals surface area contributed by atoms with E-state index in [2.05, 4.69) is 22.3 Å². The molecule has 1 aliphatic rings. The second kappa shape index (κ2) is 9.02. The van der Waals surface area contributed by atoms with E-state index in [9.17, 15) is 4.79 Å². The Morgan fingerprint density at radius 2 is 1.56 bits per heavy atom. The van der Waals surface area contributed by atoms with Gasteiger partial charge in [0.15, 0.2) is 11.0 Å². The molecule has 0 spiro atoms. The number of carbonyl (C=O) groups is 1. The molecule has 0 saturated carbocycles. The van der Waals surface area contributed by atoms with Gasteiger partial charge in [-0.3, -0.25) is 9.69 Å². The van der Waals surface area contributed by atoms with Crippen LogP contribution in [0.1, 0.15) is 6.92 Å². The molecule has 4 aromatic rings. The lowest BCUT2D eigenvalue weighted by Gasteiger charge is -2.30. The SMILES string of the molecule is CCn1c(SCC(=O)N2c3ccccc3Sc3ccccc32)nnc1-c1ccc(Cl)cc1. The van der Waals surface area contributed by atoms with E-state index in [1.807, 2.05) is 77.1 Å². The predicted molar refractivity (Wildman–Crippen MR) is 131 cm³/mol. The summed E-state index contributed by atoms with van der Waals surface area (Å²) in [5, 5.41) is 10.1. The largest absolute Gasteiger partial charge is 0.302 e. The molecule has 0 radical (unpaired) electrons. The van der Waals surface area contributed by atoms with Gasteiger partial charge in [0.1, 0.15) is 0 Å². The van der Waals surface area contributed by atoms with Crippen molar-refractivity contribution in [3.8, 4) is 11.4 Å². The number of fused-ring (bicyclic) bond motifs is 2. The van der Waals surface area contributed by atoms with Crippen LogP contribution in [-0.2, 0) is 11.3 Å². The van der Waals surface area contributed by atoms with Gasteiger partial charge >= 0.3 is 0 Å². The van der Waals surface area contributed by atoms with Crippen LogP contribution in [0.15, 0.2) is 87.7 Å². The molecule has 8 heteroatoms. The Labute approximate surface area is 199 Å². The van der Waals surface area contributed by atoms with Crippen molar-refractivity contribution in [2.45, 2.75) is 28.4 Å². The molecule has 0 unspecified atom stereocenters. The molecule has 5 nitrogen and oxygen atoms in total. The molecule has 0 atom stereocenters. The number of thioether (sulfide) groups is 1. The molecule has 1 amide bonds. The minimum atomic E-state index is 0.00824. The summed E-state index contributed by atoms with van der Waals surface area (Å²) in [6.45, 7) is 2.75. The van der Waals surface area contributed by atoms with E-state index in [1.54, 1.807) is 11.8 Å². The molecule has 3 aromatic carbocycles. The number of para-hydroxylation sites is 2. The number of halogens is 1. The maximum absolute atomic E-state index is 13.4. The van der Waals surface area contributed by atoms with E-state index in [1.165, 1.54) is 11.8 Å². The molecule has 5 rings (SSSR count). The van der Waals surface area contributed by atoms with Gasteiger partial charge < -0.3 is 4.57 Å². The zero-order chi connectivity index (χ0) is 22.1. The lowest BCUT2D eigenvalue weighted by Crippen LogP contribution is -2.30. The van der Waals surface area contributed by atoms with Crippen LogP contribution < -0.4 is 4.90 Å². The van der Waals surface area contributed by atoms with Crippen LogP contribution in [0.4, 0.5) is 11.4 Å². The Morgan fingerprint density at radius 1 is 0.938 bits per heavy atom. The normalized spacial score (nSPS) is 12.4. The fourth-order valence-electron chi connectivity index (χ4n) is 3.66. The van der Waals surface area contributed by atoms with Crippen LogP contribution in [0.3, 0.4) is 0 Å². The van der Waals surface area contributed by atoms with Crippen molar-refractivity contribution in [3.63, 3.8) is 0 Å². The van der Waals surface area contributed by atoms with E-state index >= 15 is 0 Å². The fourth-order valence-corrected chi connectivity index (χ4v) is 5.69. The zero-order valence-electron chi connectivity index (χ0n) is 17.2. The van der Waals surface area contributed by atoms with E-state index in [0.29, 0.717) is 11.6 Å². The molecular weight excluding hydrogens is 460 g/mol. The Balaban J connectivity index is 1.41. The zero-order valence-corrected chi connectivity index (χ0v) is 19.6. The van der Waals surface area contributed by atoms with E-state index in [4.69, 9.17) is 11.6 Å². The first-order valence-corrected chi connectivity index (χ1v) is 12.3. The van der Waals surface area contributed by atoms with Crippen molar-refractivity contribution in [1.82, 2.24) is 14.8 Å². The van der Waals surface area contributed by atoms with Crippen LogP contribution in [0.5, 0.6) is 0 Å². The summed E-state index contributed by atoms with van der Waals surface area (Å²) in [6.07, 6.45) is 0. The number of amides is 1. The van der Waals surface area contributed by atoms with Crippen LogP contribution in [0.2, 0.25) is 5.02 Å². The van der Waals surface area contributed by atoms with Gasteiger partial charge in [0, 0.05) is 26.9 Å². The average Bonchev–Trinajstić information content (AvgIpc) is 3.24. The number of anilines is 2. The summed E-state index contributed by atoms with van der Waals surface area (Å²) in [5.74, 6) is 1.03. The lowest BCUT2D eigenvalue weighted by molar-refractivity contribution is -0.115. The molecule has 32 heavy (non-hydrogen) atoms. The Kier molecular flexibility index (Phi) is 5.95. The summed E-state index contributed by atoms with van der Waals surface area (Å²) >= 11 is 9.11. The highest BCUT2D eigenvalue weighted by Crippen LogP contribution is 2.48. The molecule has 0 saturated heterocycles. The minimum absolute atomic E-state index is 0.00824. The number of nitrogens with zero attached hydrogens (tertiary/aromatic N) is 4. The molecule has 0 N–H and O–H groups in total. The van der Waals surface area contributed by atoms with Gasteiger partial charge in [0.2, 0.25) is 5.91 Å². The highest BCUT2D eigenvalue weighted by molar-refractivity contribution is 8.00. The first-order valence-electron chi connectivity index (χ1n) is 10.2. The molecule has 0 aliphatic carbocycles. The quantitative estimate of drug-likeness (QED) is 0.305. The molecule has 0 fully saturated rings. The summed E-state index contributed by atoms with van der Waals surface area (Å²) in [6, 6.07) is 23.6. The molecule has 1 aliphatic heterocycles. The van der Waals surface area contributed by atoms with Crippen molar-refractivity contribution in [3.05, 3.63) is 77.8 Å². The average molecular weight is 479 g/mol. The van der Waals surface area contributed by atoms with Crippen LogP contribution >= 0.6 is 35.1 Å². The van der Waals surface area contributed by atoms with E-state index < -0.39 is 0 Å². The van der Waals surface area contributed by atoms with Gasteiger partial charge in [-0.15, -0.1) is 10.2 Å². The summed E-state index contributed by atoms with van der Waals surface area (Å²) in [7, 11) is 0. The molecule has 1 aromatic heterocycles. The van der Waals surface area contributed by atoms with Gasteiger partial charge in [-0.05, 0) is 55.5 Å². The molecular formula is C24H19ClN4OS2. The van der Waals surface area contributed by atoms with Gasteiger partial charge in [-0.1, -0.05) is 59.4 Å². The summed E-state index contributed by atoms with van der Waals surface area (Å²) in [4.78, 5) is 17.4. The number of benzene rings is 3. The second-order valence-electron chi connectivity index (χ2n) is 7.11. The number of carbonyl (C=O) groups excluding carboxylic acids is 1. The third kappa shape index (κ3) is 3.92. The maximum Gasteiger partial charge on any atom is 0.242 e. The third-order valence-electron chi connectivity index (χ3n) is 5.14. The van der Waals surface area contributed by atoms with Gasteiger partial charge in [0.05, 0.1) is 17.1 Å². The van der Waals surface area contributed by atoms with E-state index in [-0.39, 0.29) is 11.7 Å². The monoisotopic (exact) mass is 478 g/mol. The van der Waals surface area contributed by atoms with Crippen molar-refractivity contribution in [1.29, 1.82) is 0 Å². The van der Waals surface area contributed by atoms with Gasteiger partial charge in [-0.2, -0.15) is 0 Å². The minimum Gasteiger partial charge on any atom is -0.302 e. The van der Waals surface area contributed by atoms with Crippen LogP contribution in [0.25, 0.3) is 11.4 Å². The smallest absolute Gasteiger partial charge is 0.242 e.